The van der Waals surface area contributed by atoms with Crippen LogP contribution in [0.2, 0.25) is 5.28 Å². The van der Waals surface area contributed by atoms with E-state index in [2.05, 4.69) is 15.3 Å². The quantitative estimate of drug-likeness (QED) is 0.440. The van der Waals surface area contributed by atoms with E-state index in [1.165, 1.54) is 14.0 Å². The number of rotatable bonds is 7. The van der Waals surface area contributed by atoms with E-state index in [4.69, 9.17) is 21.4 Å². The largest absolute Gasteiger partial charge is 0.396 e. The van der Waals surface area contributed by atoms with E-state index < -0.39 is 4.92 Å². The maximum Gasteiger partial charge on any atom is 0.332 e. The zero-order valence-electron chi connectivity index (χ0n) is 10.6. The van der Waals surface area contributed by atoms with Crippen molar-refractivity contribution in [3.63, 3.8) is 0 Å². The zero-order chi connectivity index (χ0) is 14.4. The summed E-state index contributed by atoms with van der Waals surface area (Å²) >= 11 is 5.70. The molecule has 19 heavy (non-hydrogen) atoms. The average Bonchev–Trinajstić information content (AvgIpc) is 2.27. The molecule has 0 radical (unpaired) electrons. The molecule has 1 rings (SSSR count). The maximum absolute atomic E-state index is 11.0. The van der Waals surface area contributed by atoms with Crippen LogP contribution in [-0.4, -0.2) is 46.4 Å². The number of halogens is 1. The molecule has 0 saturated heterocycles. The highest BCUT2D eigenvalue weighted by molar-refractivity contribution is 6.28. The lowest BCUT2D eigenvalue weighted by molar-refractivity contribution is -0.385. The van der Waals surface area contributed by atoms with E-state index in [0.717, 1.165) is 0 Å². The topological polar surface area (TPSA) is 110 Å². The molecular formula is C10H15ClN4O4. The number of aliphatic hydroxyl groups is 1. The lowest BCUT2D eigenvalue weighted by atomic mass is 10.2. The number of methoxy groups -OCH3 is 1. The molecule has 0 aliphatic heterocycles. The predicted octanol–water partition coefficient (Wildman–Crippen LogP) is 1.16. The van der Waals surface area contributed by atoms with E-state index in [-0.39, 0.29) is 41.7 Å². The van der Waals surface area contributed by atoms with Gasteiger partial charge in [0.05, 0.1) is 17.6 Å². The van der Waals surface area contributed by atoms with Crippen molar-refractivity contribution < 1.29 is 14.8 Å². The fraction of sp³-hybridized carbons (Fsp3) is 0.600. The van der Waals surface area contributed by atoms with Crippen molar-refractivity contribution in [3.8, 4) is 0 Å². The van der Waals surface area contributed by atoms with Gasteiger partial charge < -0.3 is 15.2 Å². The maximum atomic E-state index is 11.0. The molecule has 0 amide bonds. The van der Waals surface area contributed by atoms with E-state index in [9.17, 15) is 10.1 Å². The van der Waals surface area contributed by atoms with E-state index >= 15 is 0 Å². The Morgan fingerprint density at radius 3 is 2.79 bits per heavy atom. The van der Waals surface area contributed by atoms with Crippen molar-refractivity contribution >= 4 is 23.1 Å². The van der Waals surface area contributed by atoms with Crippen LogP contribution in [0.3, 0.4) is 0 Å². The zero-order valence-corrected chi connectivity index (χ0v) is 11.3. The van der Waals surface area contributed by atoms with Crippen LogP contribution in [0.25, 0.3) is 0 Å². The number of hydrogen-bond donors (Lipinski definition) is 2. The van der Waals surface area contributed by atoms with Crippen molar-refractivity contribution in [2.75, 3.05) is 25.6 Å². The molecule has 1 aromatic rings. The fourth-order valence-electron chi connectivity index (χ4n) is 1.60. The van der Waals surface area contributed by atoms with Gasteiger partial charge in [0.2, 0.25) is 11.1 Å². The summed E-state index contributed by atoms with van der Waals surface area (Å²) in [6.45, 7) is 1.68. The van der Waals surface area contributed by atoms with Crippen LogP contribution in [0.15, 0.2) is 0 Å². The molecule has 1 aromatic heterocycles. The van der Waals surface area contributed by atoms with E-state index in [0.29, 0.717) is 6.42 Å². The van der Waals surface area contributed by atoms with Crippen molar-refractivity contribution in [1.29, 1.82) is 0 Å². The summed E-state index contributed by atoms with van der Waals surface area (Å²) in [5.74, 6) is 0.0259. The summed E-state index contributed by atoms with van der Waals surface area (Å²) in [6.07, 6.45) is 0.367. The molecular weight excluding hydrogens is 276 g/mol. The summed E-state index contributed by atoms with van der Waals surface area (Å²) in [7, 11) is 1.50. The minimum absolute atomic E-state index is 0.0259. The number of nitro groups is 1. The van der Waals surface area contributed by atoms with Crippen LogP contribution in [-0.2, 0) is 4.74 Å². The van der Waals surface area contributed by atoms with Gasteiger partial charge in [0.15, 0.2) is 0 Å². The highest BCUT2D eigenvalue weighted by Gasteiger charge is 2.23. The molecule has 2 N–H and O–H groups in total. The minimum atomic E-state index is -0.573. The number of nitrogens with zero attached hydrogens (tertiary/aromatic N) is 3. The number of aliphatic hydroxyl groups excluding tert-OH is 1. The fourth-order valence-corrected chi connectivity index (χ4v) is 1.81. The van der Waals surface area contributed by atoms with Crippen LogP contribution >= 0.6 is 11.6 Å². The third-order valence-electron chi connectivity index (χ3n) is 2.40. The summed E-state index contributed by atoms with van der Waals surface area (Å²) in [5, 5.41) is 22.7. The summed E-state index contributed by atoms with van der Waals surface area (Å²) < 4.78 is 4.97. The second-order valence-electron chi connectivity index (χ2n) is 3.84. The van der Waals surface area contributed by atoms with Gasteiger partial charge in [0.1, 0.15) is 5.69 Å². The lowest BCUT2D eigenvalue weighted by Crippen LogP contribution is -2.27. The average molecular weight is 291 g/mol. The SMILES string of the molecule is COCC(CCO)Nc1nc(Cl)nc(C)c1[N+](=O)[O-]. The Hall–Kier alpha value is -1.51. The van der Waals surface area contributed by atoms with Crippen LogP contribution in [0, 0.1) is 17.0 Å². The molecule has 0 spiro atoms. The van der Waals surface area contributed by atoms with Gasteiger partial charge in [0, 0.05) is 13.7 Å². The van der Waals surface area contributed by atoms with Crippen LogP contribution < -0.4 is 5.32 Å². The number of hydrogen-bond acceptors (Lipinski definition) is 7. The molecule has 0 fully saturated rings. The van der Waals surface area contributed by atoms with Gasteiger partial charge >= 0.3 is 5.69 Å². The molecule has 106 valence electrons. The molecule has 8 nitrogen and oxygen atoms in total. The molecule has 0 saturated carbocycles. The molecule has 0 aliphatic carbocycles. The first kappa shape index (κ1) is 15.5. The van der Waals surface area contributed by atoms with Gasteiger partial charge in [0.25, 0.3) is 0 Å². The Morgan fingerprint density at radius 1 is 1.58 bits per heavy atom. The minimum Gasteiger partial charge on any atom is -0.396 e. The van der Waals surface area contributed by atoms with E-state index in [1.807, 2.05) is 0 Å². The molecule has 1 heterocycles. The highest BCUT2D eigenvalue weighted by atomic mass is 35.5. The molecule has 0 aromatic carbocycles. The van der Waals surface area contributed by atoms with E-state index in [1.54, 1.807) is 0 Å². The number of nitrogens with one attached hydrogen (secondary N) is 1. The normalized spacial score (nSPS) is 12.2. The second-order valence-corrected chi connectivity index (χ2v) is 4.18. The van der Waals surface area contributed by atoms with Gasteiger partial charge in [-0.2, -0.15) is 4.98 Å². The third kappa shape index (κ3) is 4.27. The predicted molar refractivity (Wildman–Crippen MR) is 69.4 cm³/mol. The summed E-state index contributed by atoms with van der Waals surface area (Å²) in [5.41, 5.74) is -0.0592. The number of aromatic nitrogens is 2. The Kier molecular flexibility index (Phi) is 5.87. The van der Waals surface area contributed by atoms with Crippen molar-refractivity contribution in [3.05, 3.63) is 21.1 Å². The Morgan fingerprint density at radius 2 is 2.26 bits per heavy atom. The molecule has 0 bridgehead atoms. The second kappa shape index (κ2) is 7.17. The molecule has 1 atom stereocenters. The molecule has 9 heteroatoms. The Bertz CT molecular complexity index is 451. The van der Waals surface area contributed by atoms with Crippen LogP contribution in [0.4, 0.5) is 11.5 Å². The van der Waals surface area contributed by atoms with Crippen molar-refractivity contribution in [2.45, 2.75) is 19.4 Å². The Balaban J connectivity index is 3.06. The Labute approximate surface area is 114 Å². The van der Waals surface area contributed by atoms with Crippen molar-refractivity contribution in [2.24, 2.45) is 0 Å². The van der Waals surface area contributed by atoms with Gasteiger partial charge in [-0.15, -0.1) is 0 Å². The molecule has 0 aliphatic rings. The van der Waals surface area contributed by atoms with Crippen molar-refractivity contribution in [1.82, 2.24) is 9.97 Å². The number of aryl methyl sites for hydroxylation is 1. The monoisotopic (exact) mass is 290 g/mol. The summed E-state index contributed by atoms with van der Waals surface area (Å²) in [4.78, 5) is 18.0. The standard InChI is InChI=1S/C10H15ClN4O4/c1-6-8(15(17)18)9(14-10(11)12-6)13-7(3-4-16)5-19-2/h7,16H,3-5H2,1-2H3,(H,12,13,14). The first-order chi connectivity index (χ1) is 8.99. The lowest BCUT2D eigenvalue weighted by Gasteiger charge is -2.17. The van der Waals surface area contributed by atoms with Crippen LogP contribution in [0.5, 0.6) is 0 Å². The highest BCUT2D eigenvalue weighted by Crippen LogP contribution is 2.27. The third-order valence-corrected chi connectivity index (χ3v) is 2.57. The number of ether oxygens (including phenoxy) is 1. The van der Waals surface area contributed by atoms with Crippen LogP contribution in [0.1, 0.15) is 12.1 Å². The van der Waals surface area contributed by atoms with Gasteiger partial charge in [-0.25, -0.2) is 4.98 Å². The van der Waals surface area contributed by atoms with Gasteiger partial charge in [-0.05, 0) is 24.9 Å². The molecule has 1 unspecified atom stereocenters. The first-order valence-electron chi connectivity index (χ1n) is 5.54. The first-order valence-corrected chi connectivity index (χ1v) is 5.92. The van der Waals surface area contributed by atoms with Gasteiger partial charge in [-0.3, -0.25) is 10.1 Å². The van der Waals surface area contributed by atoms with Gasteiger partial charge in [-0.1, -0.05) is 0 Å². The summed E-state index contributed by atoms with van der Waals surface area (Å²) in [6, 6.07) is -0.306. The number of anilines is 1. The smallest absolute Gasteiger partial charge is 0.332 e.